The molecule has 0 radical (unpaired) electrons. The number of aryl methyl sites for hydroxylation is 2. The molecular formula is C14H15NO3S. The molecule has 19 heavy (non-hydrogen) atoms. The number of hydrogen-bond acceptors (Lipinski definition) is 3. The van der Waals surface area contributed by atoms with Gasteiger partial charge >= 0.3 is 0 Å². The highest BCUT2D eigenvalue weighted by Crippen LogP contribution is 2.23. The summed E-state index contributed by atoms with van der Waals surface area (Å²) < 4.78 is 26.9. The second-order valence-corrected chi connectivity index (χ2v) is 6.10. The molecular weight excluding hydrogens is 262 g/mol. The monoisotopic (exact) mass is 277 g/mol. The Hall–Kier alpha value is -2.01. The van der Waals surface area contributed by atoms with E-state index in [0.717, 1.165) is 5.56 Å². The predicted octanol–water partition coefficient (Wildman–Crippen LogP) is 2.81. The Bertz CT molecular complexity index is 691. The molecule has 2 aromatic carbocycles. The number of sulfonamides is 1. The molecule has 0 aliphatic heterocycles. The Balaban J connectivity index is 2.33. The van der Waals surface area contributed by atoms with Crippen LogP contribution in [0.25, 0.3) is 0 Å². The Morgan fingerprint density at radius 2 is 1.63 bits per heavy atom. The molecule has 4 nitrogen and oxygen atoms in total. The van der Waals surface area contributed by atoms with Crippen LogP contribution in [0.15, 0.2) is 47.4 Å². The van der Waals surface area contributed by atoms with Gasteiger partial charge in [0.15, 0.2) is 0 Å². The van der Waals surface area contributed by atoms with E-state index < -0.39 is 10.0 Å². The van der Waals surface area contributed by atoms with Gasteiger partial charge in [0, 0.05) is 0 Å². The summed E-state index contributed by atoms with van der Waals surface area (Å²) in [5.41, 5.74) is 2.12. The van der Waals surface area contributed by atoms with Crippen LogP contribution in [0.3, 0.4) is 0 Å². The Kier molecular flexibility index (Phi) is 3.48. The first-order chi connectivity index (χ1) is 8.88. The average molecular weight is 277 g/mol. The zero-order chi connectivity index (χ0) is 14.0. The molecule has 2 aromatic rings. The molecule has 0 unspecified atom stereocenters. The van der Waals surface area contributed by atoms with E-state index in [9.17, 15) is 13.5 Å². The highest BCUT2D eigenvalue weighted by Gasteiger charge is 2.14. The number of nitrogens with one attached hydrogen (secondary N) is 1. The summed E-state index contributed by atoms with van der Waals surface area (Å²) in [4.78, 5) is 0.213. The lowest BCUT2D eigenvalue weighted by molar-refractivity contribution is 0.475. The first-order valence-electron chi connectivity index (χ1n) is 5.77. The van der Waals surface area contributed by atoms with E-state index in [4.69, 9.17) is 0 Å². The van der Waals surface area contributed by atoms with Gasteiger partial charge < -0.3 is 5.11 Å². The van der Waals surface area contributed by atoms with Crippen molar-refractivity contribution in [3.8, 4) is 5.75 Å². The van der Waals surface area contributed by atoms with Crippen molar-refractivity contribution in [2.75, 3.05) is 4.72 Å². The number of aromatic hydroxyl groups is 1. The molecule has 0 amide bonds. The molecule has 0 aromatic heterocycles. The van der Waals surface area contributed by atoms with Crippen LogP contribution in [-0.2, 0) is 10.0 Å². The van der Waals surface area contributed by atoms with Crippen LogP contribution < -0.4 is 4.72 Å². The lowest BCUT2D eigenvalue weighted by atomic mass is 10.2. The van der Waals surface area contributed by atoms with Crippen molar-refractivity contribution in [1.82, 2.24) is 0 Å². The van der Waals surface area contributed by atoms with Crippen molar-refractivity contribution in [2.45, 2.75) is 18.7 Å². The van der Waals surface area contributed by atoms with E-state index in [0.29, 0.717) is 11.3 Å². The zero-order valence-electron chi connectivity index (χ0n) is 10.7. The predicted molar refractivity (Wildman–Crippen MR) is 74.8 cm³/mol. The van der Waals surface area contributed by atoms with Crippen molar-refractivity contribution in [3.05, 3.63) is 53.6 Å². The molecule has 0 aliphatic rings. The van der Waals surface area contributed by atoms with Crippen molar-refractivity contribution in [2.24, 2.45) is 0 Å². The molecule has 0 saturated heterocycles. The van der Waals surface area contributed by atoms with Gasteiger partial charge in [-0.3, -0.25) is 4.72 Å². The lowest BCUT2D eigenvalue weighted by Gasteiger charge is -2.11. The molecule has 0 saturated carbocycles. The molecule has 100 valence electrons. The summed E-state index contributed by atoms with van der Waals surface area (Å²) in [6, 6.07) is 11.1. The van der Waals surface area contributed by atoms with E-state index in [1.807, 2.05) is 6.92 Å². The SMILES string of the molecule is Cc1ccc(S(=O)(=O)Nc2ccc(O)cc2C)cc1. The van der Waals surface area contributed by atoms with E-state index >= 15 is 0 Å². The number of benzene rings is 2. The zero-order valence-corrected chi connectivity index (χ0v) is 11.5. The number of hydrogen-bond donors (Lipinski definition) is 2. The van der Waals surface area contributed by atoms with Crippen LogP contribution in [-0.4, -0.2) is 13.5 Å². The molecule has 0 fully saturated rings. The number of rotatable bonds is 3. The van der Waals surface area contributed by atoms with Crippen LogP contribution >= 0.6 is 0 Å². The number of phenolic OH excluding ortho intramolecular Hbond substituents is 1. The molecule has 2 rings (SSSR count). The molecule has 0 atom stereocenters. The van der Waals surface area contributed by atoms with Gasteiger partial charge in [-0.25, -0.2) is 8.42 Å². The summed E-state index contributed by atoms with van der Waals surface area (Å²) >= 11 is 0. The normalized spacial score (nSPS) is 11.3. The van der Waals surface area contributed by atoms with Crippen molar-refractivity contribution >= 4 is 15.7 Å². The third-order valence-electron chi connectivity index (χ3n) is 2.79. The highest BCUT2D eigenvalue weighted by atomic mass is 32.2. The van der Waals surface area contributed by atoms with Crippen LogP contribution in [0.1, 0.15) is 11.1 Å². The van der Waals surface area contributed by atoms with E-state index in [2.05, 4.69) is 4.72 Å². The average Bonchev–Trinajstić information content (AvgIpc) is 2.33. The Labute approximate surface area is 112 Å². The second-order valence-electron chi connectivity index (χ2n) is 4.42. The third-order valence-corrected chi connectivity index (χ3v) is 4.17. The minimum absolute atomic E-state index is 0.107. The summed E-state index contributed by atoms with van der Waals surface area (Å²) in [6.07, 6.45) is 0. The fraction of sp³-hybridized carbons (Fsp3) is 0.143. The largest absolute Gasteiger partial charge is 0.508 e. The number of anilines is 1. The van der Waals surface area contributed by atoms with Gasteiger partial charge in [-0.2, -0.15) is 0 Å². The fourth-order valence-corrected chi connectivity index (χ4v) is 2.81. The smallest absolute Gasteiger partial charge is 0.261 e. The van der Waals surface area contributed by atoms with Gasteiger partial charge in [-0.15, -0.1) is 0 Å². The van der Waals surface area contributed by atoms with Crippen LogP contribution in [0, 0.1) is 13.8 Å². The van der Waals surface area contributed by atoms with Crippen molar-refractivity contribution in [3.63, 3.8) is 0 Å². The molecule has 0 aliphatic carbocycles. The maximum atomic E-state index is 12.2. The van der Waals surface area contributed by atoms with Crippen molar-refractivity contribution < 1.29 is 13.5 Å². The van der Waals surface area contributed by atoms with Gasteiger partial charge in [0.25, 0.3) is 10.0 Å². The summed E-state index contributed by atoms with van der Waals surface area (Å²) in [5.74, 6) is 0.107. The van der Waals surface area contributed by atoms with Crippen LogP contribution in [0.2, 0.25) is 0 Å². The van der Waals surface area contributed by atoms with E-state index in [1.54, 1.807) is 31.2 Å². The quantitative estimate of drug-likeness (QED) is 0.848. The minimum Gasteiger partial charge on any atom is -0.508 e. The highest BCUT2D eigenvalue weighted by molar-refractivity contribution is 7.92. The molecule has 0 spiro atoms. The van der Waals surface area contributed by atoms with E-state index in [-0.39, 0.29) is 10.6 Å². The molecule has 2 N–H and O–H groups in total. The first-order valence-corrected chi connectivity index (χ1v) is 7.26. The molecule has 5 heteroatoms. The summed E-state index contributed by atoms with van der Waals surface area (Å²) in [5, 5.41) is 9.31. The van der Waals surface area contributed by atoms with E-state index in [1.165, 1.54) is 18.2 Å². The third kappa shape index (κ3) is 3.06. The second kappa shape index (κ2) is 4.93. The Morgan fingerprint density at radius 3 is 2.21 bits per heavy atom. The molecule has 0 heterocycles. The van der Waals surface area contributed by atoms with Crippen LogP contribution in [0.4, 0.5) is 5.69 Å². The maximum Gasteiger partial charge on any atom is 0.261 e. The van der Waals surface area contributed by atoms with Crippen LogP contribution in [0.5, 0.6) is 5.75 Å². The minimum atomic E-state index is -3.60. The van der Waals surface area contributed by atoms with Gasteiger partial charge in [-0.1, -0.05) is 17.7 Å². The maximum absolute atomic E-state index is 12.2. The Morgan fingerprint density at radius 1 is 1.00 bits per heavy atom. The summed E-state index contributed by atoms with van der Waals surface area (Å²) in [6.45, 7) is 3.63. The topological polar surface area (TPSA) is 66.4 Å². The van der Waals surface area contributed by atoms with Gasteiger partial charge in [0.2, 0.25) is 0 Å². The standard InChI is InChI=1S/C14H15NO3S/c1-10-3-6-13(7-4-10)19(17,18)15-14-8-5-12(16)9-11(14)2/h3-9,15-16H,1-2H3. The first kappa shape index (κ1) is 13.4. The fourth-order valence-electron chi connectivity index (χ4n) is 1.68. The lowest BCUT2D eigenvalue weighted by Crippen LogP contribution is -2.13. The van der Waals surface area contributed by atoms with Gasteiger partial charge in [0.05, 0.1) is 10.6 Å². The van der Waals surface area contributed by atoms with Crippen molar-refractivity contribution in [1.29, 1.82) is 0 Å². The van der Waals surface area contributed by atoms with Gasteiger partial charge in [0.1, 0.15) is 5.75 Å². The molecule has 0 bridgehead atoms. The number of phenols is 1. The van der Waals surface area contributed by atoms with Gasteiger partial charge in [-0.05, 0) is 49.7 Å². The summed E-state index contributed by atoms with van der Waals surface area (Å²) in [7, 11) is -3.60.